The molecule has 1 N–H and O–H groups in total. The largest absolute Gasteiger partial charge is 0.310 e. The zero-order valence-electron chi connectivity index (χ0n) is 8.06. The molecule has 15 heavy (non-hydrogen) atoms. The van der Waals surface area contributed by atoms with E-state index in [4.69, 9.17) is 0 Å². The van der Waals surface area contributed by atoms with Gasteiger partial charge in [0.25, 0.3) is 5.56 Å². The Balaban J connectivity index is 2.11. The molecule has 1 aliphatic rings. The average molecular weight is 218 g/mol. The molecule has 0 radical (unpaired) electrons. The molecule has 0 aromatic carbocycles. The minimum absolute atomic E-state index is 0.0481. The number of aromatic amines is 1. The molecule has 2 aromatic rings. The number of nitrogens with zero attached hydrogens (tertiary/aromatic N) is 1. The van der Waals surface area contributed by atoms with E-state index < -0.39 is 0 Å². The molecule has 76 valence electrons. The summed E-state index contributed by atoms with van der Waals surface area (Å²) in [4.78, 5) is 18.7. The normalized spacial score (nSPS) is 15.5. The van der Waals surface area contributed by atoms with Gasteiger partial charge in [0.1, 0.15) is 5.82 Å². The third-order valence-electron chi connectivity index (χ3n) is 2.54. The Hall–Kier alpha value is -1.42. The monoisotopic (exact) mass is 218 g/mol. The topological polar surface area (TPSA) is 45.8 Å². The minimum Gasteiger partial charge on any atom is -0.310 e. The van der Waals surface area contributed by atoms with E-state index in [1.54, 1.807) is 17.4 Å². The van der Waals surface area contributed by atoms with Gasteiger partial charge in [-0.3, -0.25) is 4.79 Å². The number of rotatable bonds is 2. The van der Waals surface area contributed by atoms with Crippen LogP contribution in [0.3, 0.4) is 0 Å². The van der Waals surface area contributed by atoms with Crippen LogP contribution in [0.2, 0.25) is 0 Å². The fourth-order valence-electron chi connectivity index (χ4n) is 1.58. The van der Waals surface area contributed by atoms with Gasteiger partial charge >= 0.3 is 0 Å². The molecule has 0 spiro atoms. The molecule has 3 nitrogen and oxygen atoms in total. The molecule has 0 atom stereocenters. The van der Waals surface area contributed by atoms with Gasteiger partial charge in [-0.25, -0.2) is 4.98 Å². The molecule has 1 saturated carbocycles. The van der Waals surface area contributed by atoms with E-state index in [-0.39, 0.29) is 5.56 Å². The van der Waals surface area contributed by atoms with Gasteiger partial charge in [0.2, 0.25) is 0 Å². The smallest absolute Gasteiger partial charge is 0.251 e. The van der Waals surface area contributed by atoms with E-state index in [1.807, 2.05) is 16.8 Å². The van der Waals surface area contributed by atoms with E-state index >= 15 is 0 Å². The molecule has 1 aliphatic carbocycles. The summed E-state index contributed by atoms with van der Waals surface area (Å²) in [7, 11) is 0. The zero-order chi connectivity index (χ0) is 10.3. The van der Waals surface area contributed by atoms with Gasteiger partial charge in [0, 0.05) is 22.9 Å². The first-order valence-electron chi connectivity index (χ1n) is 4.97. The van der Waals surface area contributed by atoms with Gasteiger partial charge in [0.15, 0.2) is 0 Å². The third-order valence-corrected chi connectivity index (χ3v) is 3.22. The Morgan fingerprint density at radius 2 is 2.33 bits per heavy atom. The van der Waals surface area contributed by atoms with Gasteiger partial charge < -0.3 is 4.98 Å². The van der Waals surface area contributed by atoms with E-state index in [0.717, 1.165) is 29.9 Å². The highest BCUT2D eigenvalue weighted by atomic mass is 32.1. The number of thiophene rings is 1. The maximum atomic E-state index is 11.4. The summed E-state index contributed by atoms with van der Waals surface area (Å²) in [6, 6.07) is 3.55. The van der Waals surface area contributed by atoms with Gasteiger partial charge in [-0.15, -0.1) is 0 Å². The van der Waals surface area contributed by atoms with Crippen LogP contribution in [0.1, 0.15) is 24.6 Å². The Morgan fingerprint density at radius 1 is 1.47 bits per heavy atom. The second kappa shape index (κ2) is 3.31. The first kappa shape index (κ1) is 8.85. The molecule has 1 fully saturated rings. The molecule has 0 bridgehead atoms. The summed E-state index contributed by atoms with van der Waals surface area (Å²) in [5.74, 6) is 1.33. The molecule has 0 unspecified atom stereocenters. The van der Waals surface area contributed by atoms with Crippen LogP contribution in [0.15, 0.2) is 27.7 Å². The van der Waals surface area contributed by atoms with Crippen molar-refractivity contribution < 1.29 is 0 Å². The Bertz CT molecular complexity index is 526. The first-order valence-corrected chi connectivity index (χ1v) is 5.91. The molecule has 4 heteroatoms. The van der Waals surface area contributed by atoms with Crippen molar-refractivity contribution in [2.45, 2.75) is 18.8 Å². The maximum absolute atomic E-state index is 11.4. The quantitative estimate of drug-likeness (QED) is 0.841. The van der Waals surface area contributed by atoms with Crippen molar-refractivity contribution in [1.29, 1.82) is 0 Å². The predicted octanol–water partition coefficient (Wildman–Crippen LogP) is 2.38. The number of hydrogen-bond donors (Lipinski definition) is 1. The Labute approximate surface area is 90.8 Å². The second-order valence-electron chi connectivity index (χ2n) is 3.80. The fourth-order valence-corrected chi connectivity index (χ4v) is 2.23. The molecular formula is C11H10N2OS. The van der Waals surface area contributed by atoms with Crippen molar-refractivity contribution in [1.82, 2.24) is 9.97 Å². The lowest BCUT2D eigenvalue weighted by molar-refractivity contribution is 0.912. The van der Waals surface area contributed by atoms with Crippen molar-refractivity contribution in [2.24, 2.45) is 0 Å². The fraction of sp³-hybridized carbons (Fsp3) is 0.273. The Morgan fingerprint density at radius 3 is 3.00 bits per heavy atom. The summed E-state index contributed by atoms with van der Waals surface area (Å²) < 4.78 is 0. The van der Waals surface area contributed by atoms with Gasteiger partial charge in [0.05, 0.1) is 5.69 Å². The first-order chi connectivity index (χ1) is 7.33. The highest BCUT2D eigenvalue weighted by Crippen LogP contribution is 2.38. The maximum Gasteiger partial charge on any atom is 0.251 e. The standard InChI is InChI=1S/C11H10N2OS/c14-10-5-9(8-3-4-15-6-8)12-11(13-10)7-1-2-7/h3-7H,1-2H2,(H,12,13,14). The molecule has 0 saturated heterocycles. The van der Waals surface area contributed by atoms with Crippen LogP contribution in [0.25, 0.3) is 11.3 Å². The molecule has 2 heterocycles. The van der Waals surface area contributed by atoms with Crippen LogP contribution in [0, 0.1) is 0 Å². The summed E-state index contributed by atoms with van der Waals surface area (Å²) in [5.41, 5.74) is 1.78. The van der Waals surface area contributed by atoms with E-state index in [2.05, 4.69) is 9.97 Å². The van der Waals surface area contributed by atoms with Gasteiger partial charge in [-0.1, -0.05) is 0 Å². The highest BCUT2D eigenvalue weighted by molar-refractivity contribution is 7.08. The molecular weight excluding hydrogens is 208 g/mol. The van der Waals surface area contributed by atoms with Gasteiger partial charge in [-0.2, -0.15) is 11.3 Å². The van der Waals surface area contributed by atoms with Crippen molar-refractivity contribution in [2.75, 3.05) is 0 Å². The number of H-pyrrole nitrogens is 1. The number of nitrogens with one attached hydrogen (secondary N) is 1. The van der Waals surface area contributed by atoms with Gasteiger partial charge in [-0.05, 0) is 24.3 Å². The van der Waals surface area contributed by atoms with Crippen LogP contribution < -0.4 is 5.56 Å². The van der Waals surface area contributed by atoms with Crippen molar-refractivity contribution in [3.05, 3.63) is 39.1 Å². The van der Waals surface area contributed by atoms with Crippen LogP contribution in [-0.4, -0.2) is 9.97 Å². The highest BCUT2D eigenvalue weighted by Gasteiger charge is 2.26. The van der Waals surface area contributed by atoms with Crippen molar-refractivity contribution in [3.8, 4) is 11.3 Å². The lowest BCUT2D eigenvalue weighted by Gasteiger charge is -2.00. The predicted molar refractivity (Wildman–Crippen MR) is 60.1 cm³/mol. The Kier molecular flexibility index (Phi) is 1.95. The minimum atomic E-state index is -0.0481. The number of aromatic nitrogens is 2. The zero-order valence-corrected chi connectivity index (χ0v) is 8.88. The number of hydrogen-bond acceptors (Lipinski definition) is 3. The van der Waals surface area contributed by atoms with Crippen LogP contribution in [-0.2, 0) is 0 Å². The van der Waals surface area contributed by atoms with Crippen LogP contribution >= 0.6 is 11.3 Å². The van der Waals surface area contributed by atoms with E-state index in [9.17, 15) is 4.79 Å². The van der Waals surface area contributed by atoms with Crippen molar-refractivity contribution >= 4 is 11.3 Å². The lowest BCUT2D eigenvalue weighted by atomic mass is 10.2. The van der Waals surface area contributed by atoms with E-state index in [0.29, 0.717) is 5.92 Å². The SMILES string of the molecule is O=c1cc(-c2ccsc2)nc(C2CC2)[nH]1. The second-order valence-corrected chi connectivity index (χ2v) is 4.58. The average Bonchev–Trinajstić information content (AvgIpc) is 2.93. The summed E-state index contributed by atoms with van der Waals surface area (Å²) in [6.45, 7) is 0. The van der Waals surface area contributed by atoms with Crippen LogP contribution in [0.5, 0.6) is 0 Å². The lowest BCUT2D eigenvalue weighted by Crippen LogP contribution is -2.10. The molecule has 2 aromatic heterocycles. The third kappa shape index (κ3) is 1.72. The summed E-state index contributed by atoms with van der Waals surface area (Å²) >= 11 is 1.62. The summed E-state index contributed by atoms with van der Waals surface area (Å²) in [6.07, 6.45) is 2.30. The molecule has 3 rings (SSSR count). The summed E-state index contributed by atoms with van der Waals surface area (Å²) in [5, 5.41) is 4.01. The molecule has 0 amide bonds. The van der Waals surface area contributed by atoms with Crippen molar-refractivity contribution in [3.63, 3.8) is 0 Å². The van der Waals surface area contributed by atoms with Crippen LogP contribution in [0.4, 0.5) is 0 Å². The van der Waals surface area contributed by atoms with E-state index in [1.165, 1.54) is 0 Å². The molecule has 0 aliphatic heterocycles.